The Kier molecular flexibility index (Phi) is 6.79. The Morgan fingerprint density at radius 1 is 1.09 bits per heavy atom. The van der Waals surface area contributed by atoms with Gasteiger partial charge in [-0.25, -0.2) is 14.6 Å². The third-order valence-corrected chi connectivity index (χ3v) is 5.85. The molecule has 174 valence electrons. The van der Waals surface area contributed by atoms with Gasteiger partial charge in [0.05, 0.1) is 11.4 Å². The molecule has 5 rings (SSSR count). The number of hydrogen-bond donors (Lipinski definition) is 1. The first-order valence-electron chi connectivity index (χ1n) is 10.9. The summed E-state index contributed by atoms with van der Waals surface area (Å²) in [6, 6.07) is 17.3. The average molecular weight is 477 g/mol. The van der Waals surface area contributed by atoms with E-state index in [0.717, 1.165) is 29.9 Å². The Morgan fingerprint density at radius 3 is 2.56 bits per heavy atom. The number of hydrogen-bond acceptors (Lipinski definition) is 6. The molecule has 1 aliphatic rings. The van der Waals surface area contributed by atoms with Crippen molar-refractivity contribution >= 4 is 35.2 Å². The first-order valence-corrected chi connectivity index (χ1v) is 10.9. The number of benzene rings is 2. The lowest BCUT2D eigenvalue weighted by Crippen LogP contribution is -2.40. The molecule has 1 amide bonds. The number of anilines is 1. The quantitative estimate of drug-likeness (QED) is 0.421. The Labute approximate surface area is 203 Å². The highest BCUT2D eigenvalue weighted by Gasteiger charge is 2.28. The topological polar surface area (TPSA) is 99.2 Å². The Morgan fingerprint density at radius 2 is 1.82 bits per heavy atom. The first-order chi connectivity index (χ1) is 16.1. The third kappa shape index (κ3) is 4.45. The molecule has 4 aromatic rings. The number of fused-ring (bicyclic) bond motifs is 1. The standard InChI is InChI=1S/C25H24N6O2.ClH/c1-2-21(32)30-14-6-7-18(15-30)31-25-22(24(26)27-16-28-25)23(29-31)17-10-12-20(13-11-17)33-19-8-4-3-5-9-19;/h2-5,8-13,16,18H,1,6-7,14-15H2,(H2,26,27,28);1H/t18-;/m0./s1. The van der Waals surface area contributed by atoms with Gasteiger partial charge in [-0.15, -0.1) is 12.4 Å². The van der Waals surface area contributed by atoms with E-state index in [1.54, 1.807) is 4.90 Å². The summed E-state index contributed by atoms with van der Waals surface area (Å²) in [5.74, 6) is 1.80. The summed E-state index contributed by atoms with van der Waals surface area (Å²) in [5.41, 5.74) is 8.52. The summed E-state index contributed by atoms with van der Waals surface area (Å²) in [5, 5.41) is 5.62. The Balaban J connectivity index is 0.00000274. The molecule has 1 aliphatic heterocycles. The molecule has 2 aromatic carbocycles. The minimum absolute atomic E-state index is 0. The number of nitrogens with zero attached hydrogens (tertiary/aromatic N) is 5. The fourth-order valence-corrected chi connectivity index (χ4v) is 4.24. The summed E-state index contributed by atoms with van der Waals surface area (Å²) in [7, 11) is 0. The lowest BCUT2D eigenvalue weighted by molar-refractivity contribution is -0.127. The van der Waals surface area contributed by atoms with Crippen molar-refractivity contribution in [1.82, 2.24) is 24.6 Å². The van der Waals surface area contributed by atoms with Gasteiger partial charge in [0.25, 0.3) is 0 Å². The third-order valence-electron chi connectivity index (χ3n) is 5.85. The summed E-state index contributed by atoms with van der Waals surface area (Å²) in [4.78, 5) is 22.7. The normalized spacial score (nSPS) is 15.5. The zero-order valence-electron chi connectivity index (χ0n) is 18.5. The van der Waals surface area contributed by atoms with Crippen molar-refractivity contribution < 1.29 is 9.53 Å². The van der Waals surface area contributed by atoms with Gasteiger partial charge in [-0.05, 0) is 55.3 Å². The van der Waals surface area contributed by atoms with Gasteiger partial charge >= 0.3 is 0 Å². The van der Waals surface area contributed by atoms with E-state index in [1.807, 2.05) is 59.3 Å². The molecule has 34 heavy (non-hydrogen) atoms. The zero-order chi connectivity index (χ0) is 22.8. The van der Waals surface area contributed by atoms with Crippen LogP contribution in [0.4, 0.5) is 5.82 Å². The van der Waals surface area contributed by atoms with Gasteiger partial charge in [0.2, 0.25) is 5.91 Å². The molecule has 2 N–H and O–H groups in total. The lowest BCUT2D eigenvalue weighted by atomic mass is 10.1. The van der Waals surface area contributed by atoms with Gasteiger partial charge < -0.3 is 15.4 Å². The van der Waals surface area contributed by atoms with E-state index in [9.17, 15) is 4.79 Å². The monoisotopic (exact) mass is 476 g/mol. The van der Waals surface area contributed by atoms with Crippen LogP contribution in [-0.2, 0) is 4.79 Å². The number of para-hydroxylation sites is 1. The number of nitrogen functional groups attached to an aromatic ring is 1. The second-order valence-electron chi connectivity index (χ2n) is 7.97. The van der Waals surface area contributed by atoms with Gasteiger partial charge in [0.15, 0.2) is 5.65 Å². The van der Waals surface area contributed by atoms with Gasteiger partial charge in [-0.2, -0.15) is 5.10 Å². The number of carbonyl (C=O) groups excluding carboxylic acids is 1. The van der Waals surface area contributed by atoms with Crippen molar-refractivity contribution in [3.63, 3.8) is 0 Å². The van der Waals surface area contributed by atoms with E-state index < -0.39 is 0 Å². The largest absolute Gasteiger partial charge is 0.457 e. The molecule has 0 radical (unpaired) electrons. The van der Waals surface area contributed by atoms with Crippen molar-refractivity contribution in [2.75, 3.05) is 18.8 Å². The Bertz CT molecular complexity index is 1310. The number of halogens is 1. The summed E-state index contributed by atoms with van der Waals surface area (Å²) < 4.78 is 7.79. The van der Waals surface area contributed by atoms with E-state index in [-0.39, 0.29) is 24.4 Å². The summed E-state index contributed by atoms with van der Waals surface area (Å²) >= 11 is 0. The molecule has 8 nitrogen and oxygen atoms in total. The highest BCUT2D eigenvalue weighted by atomic mass is 35.5. The van der Waals surface area contributed by atoms with Crippen molar-refractivity contribution in [3.05, 3.63) is 73.6 Å². The number of nitrogens with two attached hydrogens (primary N) is 1. The molecule has 1 saturated heterocycles. The Hall–Kier alpha value is -3.91. The number of piperidine rings is 1. The van der Waals surface area contributed by atoms with E-state index in [0.29, 0.717) is 35.6 Å². The van der Waals surface area contributed by atoms with Gasteiger partial charge in [-0.3, -0.25) is 4.79 Å². The highest BCUT2D eigenvalue weighted by Crippen LogP contribution is 2.34. The number of amides is 1. The van der Waals surface area contributed by atoms with Crippen molar-refractivity contribution in [3.8, 4) is 22.8 Å². The maximum Gasteiger partial charge on any atom is 0.246 e. The van der Waals surface area contributed by atoms with Crippen LogP contribution in [0.1, 0.15) is 18.9 Å². The minimum Gasteiger partial charge on any atom is -0.457 e. The van der Waals surface area contributed by atoms with Gasteiger partial charge in [0.1, 0.15) is 29.3 Å². The molecule has 0 unspecified atom stereocenters. The molecular weight excluding hydrogens is 452 g/mol. The molecule has 0 bridgehead atoms. The van der Waals surface area contributed by atoms with E-state index >= 15 is 0 Å². The van der Waals surface area contributed by atoms with Crippen LogP contribution in [0.15, 0.2) is 73.6 Å². The molecule has 2 aromatic heterocycles. The van der Waals surface area contributed by atoms with Crippen LogP contribution in [0.5, 0.6) is 11.5 Å². The number of ether oxygens (including phenoxy) is 1. The van der Waals surface area contributed by atoms with Crippen LogP contribution in [0.3, 0.4) is 0 Å². The maximum atomic E-state index is 12.2. The van der Waals surface area contributed by atoms with Gasteiger partial charge in [0, 0.05) is 18.7 Å². The van der Waals surface area contributed by atoms with Crippen LogP contribution in [0.25, 0.3) is 22.3 Å². The lowest BCUT2D eigenvalue weighted by Gasteiger charge is -2.32. The predicted octanol–water partition coefficient (Wildman–Crippen LogP) is 4.64. The van der Waals surface area contributed by atoms with Crippen LogP contribution in [0, 0.1) is 0 Å². The van der Waals surface area contributed by atoms with E-state index in [1.165, 1.54) is 12.4 Å². The molecule has 0 spiro atoms. The first kappa shape index (κ1) is 23.3. The summed E-state index contributed by atoms with van der Waals surface area (Å²) in [6.45, 7) is 4.88. The van der Waals surface area contributed by atoms with Crippen molar-refractivity contribution in [2.45, 2.75) is 18.9 Å². The molecule has 0 aliphatic carbocycles. The van der Waals surface area contributed by atoms with Crippen LogP contribution in [-0.4, -0.2) is 43.6 Å². The SMILES string of the molecule is C=CC(=O)N1CCC[C@H](n2nc(-c3ccc(Oc4ccccc4)cc3)c3c(N)ncnc32)C1.Cl. The number of carbonyl (C=O) groups is 1. The van der Waals surface area contributed by atoms with E-state index in [2.05, 4.69) is 16.5 Å². The van der Waals surface area contributed by atoms with Crippen LogP contribution < -0.4 is 10.5 Å². The maximum absolute atomic E-state index is 12.2. The number of aromatic nitrogens is 4. The van der Waals surface area contributed by atoms with Crippen molar-refractivity contribution in [1.29, 1.82) is 0 Å². The fraction of sp³-hybridized carbons (Fsp3) is 0.200. The average Bonchev–Trinajstić information content (AvgIpc) is 3.26. The molecule has 0 saturated carbocycles. The van der Waals surface area contributed by atoms with Gasteiger partial charge in [-0.1, -0.05) is 24.8 Å². The predicted molar refractivity (Wildman–Crippen MR) is 134 cm³/mol. The van der Waals surface area contributed by atoms with Crippen molar-refractivity contribution in [2.24, 2.45) is 0 Å². The zero-order valence-corrected chi connectivity index (χ0v) is 19.3. The number of likely N-dealkylation sites (tertiary alicyclic amines) is 1. The smallest absolute Gasteiger partial charge is 0.246 e. The van der Waals surface area contributed by atoms with E-state index in [4.69, 9.17) is 15.6 Å². The van der Waals surface area contributed by atoms with Crippen LogP contribution in [0.2, 0.25) is 0 Å². The highest BCUT2D eigenvalue weighted by molar-refractivity contribution is 5.98. The molecular formula is C25H25ClN6O2. The minimum atomic E-state index is -0.0699. The summed E-state index contributed by atoms with van der Waals surface area (Å²) in [6.07, 6.45) is 4.58. The molecule has 3 heterocycles. The molecule has 1 fully saturated rings. The molecule has 9 heteroatoms. The second kappa shape index (κ2) is 9.93. The number of rotatable bonds is 5. The fourth-order valence-electron chi connectivity index (χ4n) is 4.24. The van der Waals surface area contributed by atoms with Crippen LogP contribution >= 0.6 is 12.4 Å². The second-order valence-corrected chi connectivity index (χ2v) is 7.97. The molecule has 1 atom stereocenters.